The lowest BCUT2D eigenvalue weighted by Crippen LogP contribution is -2.12. The van der Waals surface area contributed by atoms with Gasteiger partial charge < -0.3 is 9.47 Å². The predicted octanol–water partition coefficient (Wildman–Crippen LogP) is 13.6. The summed E-state index contributed by atoms with van der Waals surface area (Å²) in [5, 5.41) is 2.64. The highest BCUT2D eigenvalue weighted by Crippen LogP contribution is 2.40. The van der Waals surface area contributed by atoms with Crippen LogP contribution in [-0.2, 0) is 0 Å². The summed E-state index contributed by atoms with van der Waals surface area (Å²) in [4.78, 5) is 17.2. The lowest BCUT2D eigenvalue weighted by atomic mass is 9.89. The number of nitrogens with zero attached hydrogens (tertiary/aromatic N) is 5. The normalized spacial score (nSPS) is 12.5. The summed E-state index contributed by atoms with van der Waals surface area (Å²) in [6.45, 7) is 4.69. The van der Waals surface area contributed by atoms with Crippen molar-refractivity contribution in [1.82, 2.24) is 19.5 Å². The Bertz CT molecular complexity index is 2610. The average Bonchev–Trinajstić information content (AvgIpc) is 3.61. The number of anilines is 3. The van der Waals surface area contributed by atoms with Crippen molar-refractivity contribution in [2.75, 3.05) is 4.90 Å². The molecule has 2 aromatic heterocycles. The maximum atomic E-state index is 4.97. The molecule has 272 valence electrons. The molecule has 56 heavy (non-hydrogen) atoms. The van der Waals surface area contributed by atoms with Crippen LogP contribution >= 0.6 is 0 Å². The number of hydrogen-bond donors (Lipinski definition) is 0. The minimum Gasteiger partial charge on any atom is -0.338 e. The van der Waals surface area contributed by atoms with Crippen molar-refractivity contribution in [3.63, 3.8) is 0 Å². The van der Waals surface area contributed by atoms with Gasteiger partial charge in [0.15, 0.2) is 17.5 Å². The minimum atomic E-state index is 0.311. The molecule has 5 heteroatoms. The molecule has 9 aromatic rings. The highest BCUT2D eigenvalue weighted by molar-refractivity contribution is 6.08. The highest BCUT2D eigenvalue weighted by Gasteiger charge is 2.21. The van der Waals surface area contributed by atoms with Gasteiger partial charge in [-0.15, -0.1) is 0 Å². The van der Waals surface area contributed by atoms with Crippen LogP contribution in [0.5, 0.6) is 0 Å². The molecule has 0 saturated carbocycles. The van der Waals surface area contributed by atoms with Crippen molar-refractivity contribution in [2.45, 2.75) is 38.6 Å². The smallest absolute Gasteiger partial charge is 0.164 e. The van der Waals surface area contributed by atoms with E-state index < -0.39 is 0 Å². The van der Waals surface area contributed by atoms with Crippen LogP contribution in [0.15, 0.2) is 188 Å². The summed E-state index contributed by atoms with van der Waals surface area (Å²) in [5.41, 5.74) is 10.1. The second-order valence-corrected chi connectivity index (χ2v) is 14.4. The highest BCUT2D eigenvalue weighted by atomic mass is 15.1. The first-order chi connectivity index (χ1) is 27.6. The van der Waals surface area contributed by atoms with E-state index in [2.05, 4.69) is 151 Å². The first-order valence-electron chi connectivity index (χ1n) is 19.5. The molecule has 0 N–H and O–H groups in total. The Morgan fingerprint density at radius 2 is 0.911 bits per heavy atom. The zero-order valence-corrected chi connectivity index (χ0v) is 31.7. The van der Waals surface area contributed by atoms with Gasteiger partial charge in [-0.25, -0.2) is 15.0 Å². The first-order valence-corrected chi connectivity index (χ1v) is 19.5. The zero-order valence-electron chi connectivity index (χ0n) is 31.7. The Balaban J connectivity index is 1.06. The lowest BCUT2D eigenvalue weighted by molar-refractivity contribution is 0.462. The van der Waals surface area contributed by atoms with Crippen LogP contribution < -0.4 is 4.90 Å². The third kappa shape index (κ3) is 6.84. The van der Waals surface area contributed by atoms with Gasteiger partial charge in [0.2, 0.25) is 0 Å². The zero-order chi connectivity index (χ0) is 37.8. The molecule has 0 fully saturated rings. The van der Waals surface area contributed by atoms with E-state index in [0.717, 1.165) is 46.6 Å². The van der Waals surface area contributed by atoms with Gasteiger partial charge >= 0.3 is 0 Å². The maximum Gasteiger partial charge on any atom is 0.164 e. The Morgan fingerprint density at radius 3 is 1.45 bits per heavy atom. The molecule has 0 aliphatic heterocycles. The van der Waals surface area contributed by atoms with Crippen LogP contribution in [-0.4, -0.2) is 19.5 Å². The second-order valence-electron chi connectivity index (χ2n) is 14.4. The van der Waals surface area contributed by atoms with Gasteiger partial charge in [0, 0.05) is 61.6 Å². The van der Waals surface area contributed by atoms with Crippen LogP contribution in [0.25, 0.3) is 56.0 Å². The largest absolute Gasteiger partial charge is 0.338 e. The predicted molar refractivity (Wildman–Crippen MR) is 233 cm³/mol. The van der Waals surface area contributed by atoms with Crippen LogP contribution in [0.4, 0.5) is 17.1 Å². The number of benzene rings is 7. The Labute approximate surface area is 328 Å². The average molecular weight is 726 g/mol. The van der Waals surface area contributed by atoms with Crippen molar-refractivity contribution in [1.29, 1.82) is 0 Å². The third-order valence-corrected chi connectivity index (χ3v) is 10.9. The number of fused-ring (bicyclic) bond motifs is 3. The van der Waals surface area contributed by atoms with E-state index in [0.29, 0.717) is 29.4 Å². The van der Waals surface area contributed by atoms with Gasteiger partial charge in [0.1, 0.15) is 0 Å². The maximum absolute atomic E-state index is 4.97. The minimum absolute atomic E-state index is 0.311. The number of hydrogen-bond acceptors (Lipinski definition) is 4. The quantitative estimate of drug-likeness (QED) is 0.133. The number of para-hydroxylation sites is 3. The summed E-state index contributed by atoms with van der Waals surface area (Å²) in [6, 6.07) is 66.5. The third-order valence-electron chi connectivity index (χ3n) is 10.9. The van der Waals surface area contributed by atoms with Gasteiger partial charge in [-0.05, 0) is 91.9 Å². The van der Waals surface area contributed by atoms with Crippen molar-refractivity contribution in [3.05, 3.63) is 194 Å². The Kier molecular flexibility index (Phi) is 9.65. The fourth-order valence-electron chi connectivity index (χ4n) is 8.12. The first kappa shape index (κ1) is 34.9. The molecule has 2 heterocycles. The molecule has 0 bridgehead atoms. The number of rotatable bonds is 11. The summed E-state index contributed by atoms with van der Waals surface area (Å²) in [5.74, 6) is 2.32. The molecular weight excluding hydrogens is 683 g/mol. The molecule has 0 amide bonds. The molecule has 7 aromatic carbocycles. The van der Waals surface area contributed by atoms with Crippen LogP contribution in [0, 0.1) is 0 Å². The van der Waals surface area contributed by atoms with Crippen LogP contribution in [0.1, 0.15) is 44.2 Å². The SMILES string of the molecule is CCC(CC(C)n1c2ccccc2c2ccccc21)c1cccc(N(c2ccccc2)c2ccc(-c3nc(-c4ccccc4)nc(-c4ccccc4)n3)cc2)c1. The van der Waals surface area contributed by atoms with Gasteiger partial charge in [-0.3, -0.25) is 0 Å². The van der Waals surface area contributed by atoms with E-state index in [9.17, 15) is 0 Å². The standard InChI is InChI=1S/C51H43N5/c1-3-37(34-36(2)55-47-28-15-13-26-45(47)46-27-14-16-29-48(46)55)41-22-17-25-44(35-41)56(42-23-11-6-12-24-42)43-32-30-40(31-33-43)51-53-49(38-18-7-4-8-19-38)52-50(54-51)39-20-9-5-10-21-39/h4-33,35-37H,3,34H2,1-2H3. The van der Waals surface area contributed by atoms with E-state index in [1.807, 2.05) is 60.7 Å². The summed E-state index contributed by atoms with van der Waals surface area (Å²) >= 11 is 0. The molecule has 0 radical (unpaired) electrons. The topological polar surface area (TPSA) is 46.8 Å². The van der Waals surface area contributed by atoms with Gasteiger partial charge in [0.05, 0.1) is 0 Å². The van der Waals surface area contributed by atoms with E-state index in [1.165, 1.54) is 27.4 Å². The van der Waals surface area contributed by atoms with E-state index >= 15 is 0 Å². The molecular formula is C51H43N5. The molecule has 0 aliphatic rings. The summed E-state index contributed by atoms with van der Waals surface area (Å²) in [6.07, 6.45) is 2.08. The van der Waals surface area contributed by atoms with Crippen molar-refractivity contribution >= 4 is 38.9 Å². The molecule has 2 unspecified atom stereocenters. The van der Waals surface area contributed by atoms with Crippen LogP contribution in [0.3, 0.4) is 0 Å². The molecule has 5 nitrogen and oxygen atoms in total. The fourth-order valence-corrected chi connectivity index (χ4v) is 8.12. The lowest BCUT2D eigenvalue weighted by Gasteiger charge is -2.28. The van der Waals surface area contributed by atoms with Gasteiger partial charge in [0.25, 0.3) is 0 Å². The van der Waals surface area contributed by atoms with Crippen molar-refractivity contribution < 1.29 is 0 Å². The van der Waals surface area contributed by atoms with E-state index in [-0.39, 0.29) is 0 Å². The number of aromatic nitrogens is 4. The Hall–Kier alpha value is -6.85. The second kappa shape index (κ2) is 15.5. The van der Waals surface area contributed by atoms with Crippen molar-refractivity contribution in [3.8, 4) is 34.2 Å². The Morgan fingerprint density at radius 1 is 0.464 bits per heavy atom. The molecule has 9 rings (SSSR count). The molecule has 0 spiro atoms. The van der Waals surface area contributed by atoms with Gasteiger partial charge in [-0.2, -0.15) is 0 Å². The molecule has 2 atom stereocenters. The van der Waals surface area contributed by atoms with E-state index in [4.69, 9.17) is 15.0 Å². The summed E-state index contributed by atoms with van der Waals surface area (Å²) < 4.78 is 2.55. The van der Waals surface area contributed by atoms with Crippen molar-refractivity contribution in [2.24, 2.45) is 0 Å². The van der Waals surface area contributed by atoms with Gasteiger partial charge in [-0.1, -0.05) is 134 Å². The molecule has 0 saturated heterocycles. The van der Waals surface area contributed by atoms with Crippen LogP contribution in [0.2, 0.25) is 0 Å². The monoisotopic (exact) mass is 725 g/mol. The fraction of sp³-hybridized carbons (Fsp3) is 0.118. The van der Waals surface area contributed by atoms with E-state index in [1.54, 1.807) is 0 Å². The molecule has 0 aliphatic carbocycles. The summed E-state index contributed by atoms with van der Waals surface area (Å²) in [7, 11) is 0.